The normalized spacial score (nSPS) is 26.1. The van der Waals surface area contributed by atoms with Crippen LogP contribution >= 0.6 is 0 Å². The van der Waals surface area contributed by atoms with Crippen LogP contribution < -0.4 is 5.32 Å². The molecule has 1 aromatic carbocycles. The SMILES string of the molecule is OC1(Cc2ccc(CC3CCCN3)cc2)CC1. The molecule has 1 aliphatic carbocycles. The second-order valence-corrected chi connectivity index (χ2v) is 5.72. The molecular formula is C15H21NO. The largest absolute Gasteiger partial charge is 0.390 e. The Morgan fingerprint density at radius 2 is 1.88 bits per heavy atom. The van der Waals surface area contributed by atoms with Crippen LogP contribution in [-0.4, -0.2) is 23.3 Å². The molecule has 2 fully saturated rings. The Morgan fingerprint density at radius 1 is 1.18 bits per heavy atom. The van der Waals surface area contributed by atoms with Gasteiger partial charge in [0.25, 0.3) is 0 Å². The van der Waals surface area contributed by atoms with Crippen molar-refractivity contribution in [3.63, 3.8) is 0 Å². The Bertz CT molecular complexity index is 374. The molecule has 2 nitrogen and oxygen atoms in total. The monoisotopic (exact) mass is 231 g/mol. The van der Waals surface area contributed by atoms with E-state index in [2.05, 4.69) is 29.6 Å². The van der Waals surface area contributed by atoms with Crippen molar-refractivity contribution in [3.05, 3.63) is 35.4 Å². The summed E-state index contributed by atoms with van der Waals surface area (Å²) in [6, 6.07) is 9.48. The minimum Gasteiger partial charge on any atom is -0.390 e. The average molecular weight is 231 g/mol. The molecule has 0 amide bonds. The minimum absolute atomic E-state index is 0.367. The molecule has 92 valence electrons. The van der Waals surface area contributed by atoms with Gasteiger partial charge in [0.2, 0.25) is 0 Å². The Morgan fingerprint density at radius 3 is 2.47 bits per heavy atom. The lowest BCUT2D eigenvalue weighted by molar-refractivity contribution is 0.151. The maximum absolute atomic E-state index is 9.87. The number of benzene rings is 1. The van der Waals surface area contributed by atoms with E-state index >= 15 is 0 Å². The van der Waals surface area contributed by atoms with Gasteiger partial charge in [-0.05, 0) is 49.8 Å². The fraction of sp³-hybridized carbons (Fsp3) is 0.600. The Balaban J connectivity index is 1.59. The molecule has 1 heterocycles. The molecule has 1 saturated carbocycles. The number of hydrogen-bond donors (Lipinski definition) is 2. The zero-order valence-electron chi connectivity index (χ0n) is 10.3. The zero-order valence-corrected chi connectivity index (χ0v) is 10.3. The summed E-state index contributed by atoms with van der Waals surface area (Å²) in [4.78, 5) is 0. The van der Waals surface area contributed by atoms with Crippen molar-refractivity contribution in [2.45, 2.75) is 50.2 Å². The summed E-state index contributed by atoms with van der Waals surface area (Å²) in [7, 11) is 0. The summed E-state index contributed by atoms with van der Waals surface area (Å²) in [5, 5.41) is 13.4. The summed E-state index contributed by atoms with van der Waals surface area (Å²) >= 11 is 0. The van der Waals surface area contributed by atoms with Crippen LogP contribution in [0.2, 0.25) is 0 Å². The first kappa shape index (κ1) is 11.2. The van der Waals surface area contributed by atoms with Crippen molar-refractivity contribution in [2.24, 2.45) is 0 Å². The van der Waals surface area contributed by atoms with Crippen molar-refractivity contribution in [3.8, 4) is 0 Å². The summed E-state index contributed by atoms with van der Waals surface area (Å²) in [6.07, 6.45) is 6.54. The smallest absolute Gasteiger partial charge is 0.0690 e. The van der Waals surface area contributed by atoms with Crippen LogP contribution in [0.1, 0.15) is 36.8 Å². The first-order valence-electron chi connectivity index (χ1n) is 6.77. The molecule has 1 aromatic rings. The van der Waals surface area contributed by atoms with Crippen molar-refractivity contribution in [2.75, 3.05) is 6.54 Å². The van der Waals surface area contributed by atoms with Crippen LogP contribution in [0.25, 0.3) is 0 Å². The number of aliphatic hydroxyl groups is 1. The topological polar surface area (TPSA) is 32.3 Å². The van der Waals surface area contributed by atoms with Gasteiger partial charge in [0, 0.05) is 12.5 Å². The van der Waals surface area contributed by atoms with Gasteiger partial charge in [0.1, 0.15) is 0 Å². The predicted octanol–water partition coefficient (Wildman–Crippen LogP) is 2.05. The van der Waals surface area contributed by atoms with Crippen molar-refractivity contribution >= 4 is 0 Å². The van der Waals surface area contributed by atoms with Crippen LogP contribution in [0.4, 0.5) is 0 Å². The molecule has 2 heteroatoms. The predicted molar refractivity (Wildman–Crippen MR) is 69.1 cm³/mol. The van der Waals surface area contributed by atoms with Gasteiger partial charge in [0.05, 0.1) is 5.60 Å². The van der Waals surface area contributed by atoms with Crippen LogP contribution in [0.3, 0.4) is 0 Å². The first-order valence-corrected chi connectivity index (χ1v) is 6.77. The second kappa shape index (κ2) is 4.43. The molecule has 0 bridgehead atoms. The quantitative estimate of drug-likeness (QED) is 0.831. The van der Waals surface area contributed by atoms with Crippen molar-refractivity contribution in [1.82, 2.24) is 5.32 Å². The molecule has 1 aliphatic heterocycles. The van der Waals surface area contributed by atoms with E-state index in [9.17, 15) is 5.11 Å². The van der Waals surface area contributed by atoms with E-state index in [0.29, 0.717) is 6.04 Å². The second-order valence-electron chi connectivity index (χ2n) is 5.72. The van der Waals surface area contributed by atoms with E-state index in [-0.39, 0.29) is 5.60 Å². The maximum atomic E-state index is 9.87. The van der Waals surface area contributed by atoms with Gasteiger partial charge in [-0.1, -0.05) is 24.3 Å². The van der Waals surface area contributed by atoms with E-state index in [1.807, 2.05) is 0 Å². The highest BCUT2D eigenvalue weighted by atomic mass is 16.3. The van der Waals surface area contributed by atoms with E-state index in [1.54, 1.807) is 0 Å². The van der Waals surface area contributed by atoms with E-state index in [0.717, 1.165) is 25.7 Å². The lowest BCUT2D eigenvalue weighted by Crippen LogP contribution is -2.23. The van der Waals surface area contributed by atoms with Crippen LogP contribution in [0.5, 0.6) is 0 Å². The molecule has 2 aliphatic rings. The van der Waals surface area contributed by atoms with Gasteiger partial charge in [-0.2, -0.15) is 0 Å². The summed E-state index contributed by atoms with van der Waals surface area (Å²) in [5.41, 5.74) is 2.32. The highest BCUT2D eigenvalue weighted by Gasteiger charge is 2.39. The molecule has 0 spiro atoms. The maximum Gasteiger partial charge on any atom is 0.0690 e. The molecule has 0 aromatic heterocycles. The molecule has 1 saturated heterocycles. The van der Waals surface area contributed by atoms with E-state index in [4.69, 9.17) is 0 Å². The third kappa shape index (κ3) is 2.88. The van der Waals surface area contributed by atoms with Gasteiger partial charge in [-0.3, -0.25) is 0 Å². The molecule has 3 rings (SSSR count). The Hall–Kier alpha value is -0.860. The van der Waals surface area contributed by atoms with Crippen LogP contribution in [-0.2, 0) is 12.8 Å². The summed E-state index contributed by atoms with van der Waals surface area (Å²) in [5.74, 6) is 0. The Kier molecular flexibility index (Phi) is 2.93. The van der Waals surface area contributed by atoms with Gasteiger partial charge in [-0.15, -0.1) is 0 Å². The number of nitrogens with one attached hydrogen (secondary N) is 1. The number of hydrogen-bond acceptors (Lipinski definition) is 2. The lowest BCUT2D eigenvalue weighted by Gasteiger charge is -2.11. The summed E-state index contributed by atoms with van der Waals surface area (Å²) < 4.78 is 0. The van der Waals surface area contributed by atoms with Gasteiger partial charge in [-0.25, -0.2) is 0 Å². The van der Waals surface area contributed by atoms with Gasteiger partial charge >= 0.3 is 0 Å². The molecule has 0 radical (unpaired) electrons. The molecule has 17 heavy (non-hydrogen) atoms. The Labute approximate surface area is 103 Å². The van der Waals surface area contributed by atoms with E-state index < -0.39 is 0 Å². The van der Waals surface area contributed by atoms with Crippen LogP contribution in [0, 0.1) is 0 Å². The zero-order chi connectivity index (χ0) is 11.7. The van der Waals surface area contributed by atoms with Crippen molar-refractivity contribution in [1.29, 1.82) is 0 Å². The van der Waals surface area contributed by atoms with Crippen molar-refractivity contribution < 1.29 is 5.11 Å². The molecule has 1 atom stereocenters. The highest BCUT2D eigenvalue weighted by Crippen LogP contribution is 2.38. The standard InChI is InChI=1S/C15H21NO/c17-15(7-8-15)11-13-5-3-12(4-6-13)10-14-2-1-9-16-14/h3-6,14,16-17H,1-2,7-11H2. The van der Waals surface area contributed by atoms with Crippen LogP contribution in [0.15, 0.2) is 24.3 Å². The summed E-state index contributed by atoms with van der Waals surface area (Å²) in [6.45, 7) is 1.18. The number of rotatable bonds is 4. The fourth-order valence-electron chi connectivity index (χ4n) is 2.71. The fourth-order valence-corrected chi connectivity index (χ4v) is 2.71. The third-order valence-electron chi connectivity index (χ3n) is 4.03. The average Bonchev–Trinajstić information content (AvgIpc) is 2.84. The third-order valence-corrected chi connectivity index (χ3v) is 4.03. The molecule has 1 unspecified atom stereocenters. The molecule has 2 N–H and O–H groups in total. The van der Waals surface area contributed by atoms with Gasteiger partial charge in [0.15, 0.2) is 0 Å². The van der Waals surface area contributed by atoms with Gasteiger partial charge < -0.3 is 10.4 Å². The molecular weight excluding hydrogens is 210 g/mol. The van der Waals surface area contributed by atoms with E-state index in [1.165, 1.54) is 30.5 Å². The minimum atomic E-state index is -0.367. The lowest BCUT2D eigenvalue weighted by atomic mass is 10.0. The first-order chi connectivity index (χ1) is 8.23. The highest BCUT2D eigenvalue weighted by molar-refractivity contribution is 5.25.